The molecule has 5 heteroatoms. The minimum absolute atomic E-state index is 0.00681. The van der Waals surface area contributed by atoms with Crippen molar-refractivity contribution in [3.63, 3.8) is 0 Å². The highest BCUT2D eigenvalue weighted by Crippen LogP contribution is 2.36. The Morgan fingerprint density at radius 2 is 2.00 bits per heavy atom. The van der Waals surface area contributed by atoms with Crippen LogP contribution in [0.5, 0.6) is 0 Å². The molecule has 5 nitrogen and oxygen atoms in total. The van der Waals surface area contributed by atoms with Crippen LogP contribution >= 0.6 is 0 Å². The van der Waals surface area contributed by atoms with Gasteiger partial charge in [-0.2, -0.15) is 0 Å². The third kappa shape index (κ3) is 3.42. The average Bonchev–Trinajstić information content (AvgIpc) is 2.91. The molecular weight excluding hydrogens is 290 g/mol. The summed E-state index contributed by atoms with van der Waals surface area (Å²) in [4.78, 5) is 16.9. The smallest absolute Gasteiger partial charge is 0.237 e. The lowest BCUT2D eigenvalue weighted by Gasteiger charge is -2.36. The highest BCUT2D eigenvalue weighted by Gasteiger charge is 2.37. The number of nitrogens with zero attached hydrogens (tertiary/aromatic N) is 2. The number of benzene rings is 1. The summed E-state index contributed by atoms with van der Waals surface area (Å²) < 4.78 is 0. The summed E-state index contributed by atoms with van der Waals surface area (Å²) in [5.41, 5.74) is 1.23. The summed E-state index contributed by atoms with van der Waals surface area (Å²) in [5.74, 6) is 0.00681. The van der Waals surface area contributed by atoms with Gasteiger partial charge in [0.1, 0.15) is 5.60 Å². The van der Waals surface area contributed by atoms with Crippen LogP contribution in [0.2, 0.25) is 0 Å². The fourth-order valence-electron chi connectivity index (χ4n) is 3.61. The zero-order valence-corrected chi connectivity index (χ0v) is 14.1. The van der Waals surface area contributed by atoms with E-state index in [1.807, 2.05) is 25.1 Å². The molecule has 1 aromatic rings. The summed E-state index contributed by atoms with van der Waals surface area (Å²) in [6, 6.07) is 7.83. The Bertz CT molecular complexity index is 569. The van der Waals surface area contributed by atoms with Crippen LogP contribution in [0.15, 0.2) is 24.3 Å². The molecule has 0 aromatic heterocycles. The SMILES string of the molecule is CC(C(=O)NCC1(O)CCc2ccccc21)N1CCN(C)CC1. The van der Waals surface area contributed by atoms with E-state index in [1.165, 1.54) is 5.56 Å². The van der Waals surface area contributed by atoms with E-state index in [9.17, 15) is 9.90 Å². The maximum absolute atomic E-state index is 12.5. The van der Waals surface area contributed by atoms with Gasteiger partial charge in [0, 0.05) is 26.2 Å². The van der Waals surface area contributed by atoms with Crippen LogP contribution in [-0.4, -0.2) is 66.6 Å². The molecule has 1 fully saturated rings. The molecule has 1 aliphatic carbocycles. The van der Waals surface area contributed by atoms with E-state index in [-0.39, 0.29) is 11.9 Å². The predicted octanol–water partition coefficient (Wildman–Crippen LogP) is 0.572. The van der Waals surface area contributed by atoms with E-state index in [0.29, 0.717) is 13.0 Å². The molecule has 126 valence electrons. The third-order valence-corrected chi connectivity index (χ3v) is 5.35. The zero-order chi connectivity index (χ0) is 16.4. The molecule has 2 N–H and O–H groups in total. The Balaban J connectivity index is 1.57. The van der Waals surface area contributed by atoms with Crippen molar-refractivity contribution < 1.29 is 9.90 Å². The van der Waals surface area contributed by atoms with Crippen molar-refractivity contribution in [2.24, 2.45) is 0 Å². The van der Waals surface area contributed by atoms with Crippen molar-refractivity contribution in [3.8, 4) is 0 Å². The minimum atomic E-state index is -0.923. The van der Waals surface area contributed by atoms with Crippen LogP contribution in [-0.2, 0) is 16.8 Å². The minimum Gasteiger partial charge on any atom is -0.383 e. The summed E-state index contributed by atoms with van der Waals surface area (Å²) >= 11 is 0. The Morgan fingerprint density at radius 1 is 1.30 bits per heavy atom. The lowest BCUT2D eigenvalue weighted by Crippen LogP contribution is -2.54. The summed E-state index contributed by atoms with van der Waals surface area (Å²) in [6.07, 6.45) is 1.55. The van der Waals surface area contributed by atoms with Crippen molar-refractivity contribution in [1.29, 1.82) is 0 Å². The number of fused-ring (bicyclic) bond motifs is 1. The number of nitrogens with one attached hydrogen (secondary N) is 1. The molecule has 2 unspecified atom stereocenters. The fraction of sp³-hybridized carbons (Fsp3) is 0.611. The van der Waals surface area contributed by atoms with Crippen molar-refractivity contribution in [1.82, 2.24) is 15.1 Å². The van der Waals surface area contributed by atoms with E-state index >= 15 is 0 Å². The van der Waals surface area contributed by atoms with Crippen molar-refractivity contribution in [3.05, 3.63) is 35.4 Å². The Hall–Kier alpha value is -1.43. The van der Waals surface area contributed by atoms with Gasteiger partial charge in [-0.25, -0.2) is 0 Å². The Labute approximate surface area is 138 Å². The summed E-state index contributed by atoms with van der Waals surface area (Å²) in [5, 5.41) is 13.9. The number of carbonyl (C=O) groups is 1. The second-order valence-electron chi connectivity index (χ2n) is 6.92. The quantitative estimate of drug-likeness (QED) is 0.853. The van der Waals surface area contributed by atoms with Crippen LogP contribution in [0.4, 0.5) is 0 Å². The van der Waals surface area contributed by atoms with Crippen molar-refractivity contribution in [2.75, 3.05) is 39.8 Å². The van der Waals surface area contributed by atoms with Crippen LogP contribution in [0.3, 0.4) is 0 Å². The number of hydrogen-bond donors (Lipinski definition) is 2. The molecule has 0 bridgehead atoms. The molecule has 1 amide bonds. The number of hydrogen-bond acceptors (Lipinski definition) is 4. The van der Waals surface area contributed by atoms with Gasteiger partial charge in [0.2, 0.25) is 5.91 Å². The molecule has 1 aliphatic heterocycles. The molecular formula is C18H27N3O2. The molecule has 1 aromatic carbocycles. The lowest BCUT2D eigenvalue weighted by molar-refractivity contribution is -0.127. The lowest BCUT2D eigenvalue weighted by atomic mass is 9.96. The summed E-state index contributed by atoms with van der Waals surface area (Å²) in [6.45, 7) is 6.06. The van der Waals surface area contributed by atoms with E-state index in [2.05, 4.69) is 28.2 Å². The first kappa shape index (κ1) is 16.4. The van der Waals surface area contributed by atoms with E-state index in [4.69, 9.17) is 0 Å². The van der Waals surface area contributed by atoms with E-state index in [0.717, 1.165) is 38.2 Å². The largest absolute Gasteiger partial charge is 0.383 e. The number of likely N-dealkylation sites (N-methyl/N-ethyl adjacent to an activating group) is 1. The van der Waals surface area contributed by atoms with Crippen molar-refractivity contribution >= 4 is 5.91 Å². The van der Waals surface area contributed by atoms with Gasteiger partial charge in [-0.05, 0) is 37.9 Å². The Morgan fingerprint density at radius 3 is 2.74 bits per heavy atom. The number of carbonyl (C=O) groups excluding carboxylic acids is 1. The number of amides is 1. The Kier molecular flexibility index (Phi) is 4.71. The predicted molar refractivity (Wildman–Crippen MR) is 90.2 cm³/mol. The van der Waals surface area contributed by atoms with Gasteiger partial charge in [-0.1, -0.05) is 24.3 Å². The van der Waals surface area contributed by atoms with Crippen LogP contribution < -0.4 is 5.32 Å². The van der Waals surface area contributed by atoms with E-state index < -0.39 is 5.60 Å². The van der Waals surface area contributed by atoms with Gasteiger partial charge in [-0.15, -0.1) is 0 Å². The first-order chi connectivity index (χ1) is 11.0. The standard InChI is InChI=1S/C18H27N3O2/c1-14(21-11-9-20(2)10-12-21)17(22)19-13-18(23)8-7-15-5-3-4-6-16(15)18/h3-6,14,23H,7-13H2,1-2H3,(H,19,22). The topological polar surface area (TPSA) is 55.8 Å². The molecule has 0 saturated carbocycles. The first-order valence-corrected chi connectivity index (χ1v) is 8.51. The normalized spacial score (nSPS) is 26.7. The molecule has 2 aliphatic rings. The molecule has 23 heavy (non-hydrogen) atoms. The third-order valence-electron chi connectivity index (χ3n) is 5.35. The second-order valence-corrected chi connectivity index (χ2v) is 6.92. The monoisotopic (exact) mass is 317 g/mol. The first-order valence-electron chi connectivity index (χ1n) is 8.51. The zero-order valence-electron chi connectivity index (χ0n) is 14.1. The maximum Gasteiger partial charge on any atom is 0.237 e. The highest BCUT2D eigenvalue weighted by molar-refractivity contribution is 5.81. The number of aliphatic hydroxyl groups is 1. The number of rotatable bonds is 4. The van der Waals surface area contributed by atoms with Gasteiger partial charge >= 0.3 is 0 Å². The van der Waals surface area contributed by atoms with Gasteiger partial charge in [0.05, 0.1) is 12.6 Å². The molecule has 0 spiro atoms. The average molecular weight is 317 g/mol. The maximum atomic E-state index is 12.5. The van der Waals surface area contributed by atoms with E-state index in [1.54, 1.807) is 0 Å². The molecule has 0 radical (unpaired) electrons. The fourth-order valence-corrected chi connectivity index (χ4v) is 3.61. The van der Waals surface area contributed by atoms with Gasteiger partial charge in [0.15, 0.2) is 0 Å². The number of aryl methyl sites for hydroxylation is 1. The highest BCUT2D eigenvalue weighted by atomic mass is 16.3. The molecule has 1 saturated heterocycles. The van der Waals surface area contributed by atoms with Crippen LogP contribution in [0, 0.1) is 0 Å². The van der Waals surface area contributed by atoms with Crippen LogP contribution in [0.25, 0.3) is 0 Å². The second kappa shape index (κ2) is 6.59. The van der Waals surface area contributed by atoms with Crippen LogP contribution in [0.1, 0.15) is 24.5 Å². The number of piperazine rings is 1. The van der Waals surface area contributed by atoms with Gasteiger partial charge in [0.25, 0.3) is 0 Å². The summed E-state index contributed by atoms with van der Waals surface area (Å²) in [7, 11) is 2.11. The molecule has 2 atom stereocenters. The van der Waals surface area contributed by atoms with Gasteiger partial charge < -0.3 is 15.3 Å². The van der Waals surface area contributed by atoms with Gasteiger partial charge in [-0.3, -0.25) is 9.69 Å². The molecule has 1 heterocycles. The van der Waals surface area contributed by atoms with Crippen molar-refractivity contribution in [2.45, 2.75) is 31.4 Å². The molecule has 3 rings (SSSR count).